The Kier molecular flexibility index (Phi) is 6.24. The molecule has 1 amide bonds. The Hall–Kier alpha value is -1.87. The van der Waals surface area contributed by atoms with Gasteiger partial charge in [0.15, 0.2) is 0 Å². The highest BCUT2D eigenvalue weighted by molar-refractivity contribution is 7.22. The molecule has 1 unspecified atom stereocenters. The molecule has 0 saturated heterocycles. The molecule has 5 nitrogen and oxygen atoms in total. The number of fused-ring (bicyclic) bond motifs is 2. The molecule has 0 radical (unpaired) electrons. The molecule has 2 aromatic heterocycles. The zero-order chi connectivity index (χ0) is 20.4. The normalized spacial score (nSPS) is 14.7. The predicted molar refractivity (Wildman–Crippen MR) is 119 cm³/mol. The van der Waals surface area contributed by atoms with Crippen LogP contribution in [0.15, 0.2) is 18.2 Å². The molecule has 1 atom stereocenters. The minimum atomic E-state index is -0.284. The molecule has 3 N–H and O–H groups in total. The molecule has 8 heteroatoms. The van der Waals surface area contributed by atoms with Crippen molar-refractivity contribution in [3.8, 4) is 10.6 Å². The van der Waals surface area contributed by atoms with Crippen LogP contribution in [-0.4, -0.2) is 30.0 Å². The summed E-state index contributed by atoms with van der Waals surface area (Å²) in [7, 11) is 0. The van der Waals surface area contributed by atoms with E-state index in [4.69, 9.17) is 0 Å². The van der Waals surface area contributed by atoms with E-state index < -0.39 is 0 Å². The van der Waals surface area contributed by atoms with Gasteiger partial charge in [-0.1, -0.05) is 6.92 Å². The number of benzene rings is 1. The SMILES string of the molecule is CCC(C)NCCC(=O)Nc1sc2c(c1-c1nc3cc(F)ccc3s1)CCNC2. The Morgan fingerprint density at radius 3 is 3.07 bits per heavy atom. The van der Waals surface area contributed by atoms with Crippen molar-refractivity contribution in [1.82, 2.24) is 15.6 Å². The molecule has 0 aliphatic carbocycles. The van der Waals surface area contributed by atoms with E-state index in [0.29, 0.717) is 24.5 Å². The summed E-state index contributed by atoms with van der Waals surface area (Å²) in [6.07, 6.45) is 2.36. The Bertz CT molecular complexity index is 1030. The van der Waals surface area contributed by atoms with E-state index in [-0.39, 0.29) is 11.7 Å². The molecular weight excluding hydrogens is 407 g/mol. The van der Waals surface area contributed by atoms with Crippen molar-refractivity contribution in [2.75, 3.05) is 18.4 Å². The lowest BCUT2D eigenvalue weighted by atomic mass is 10.0. The van der Waals surface area contributed by atoms with Crippen molar-refractivity contribution < 1.29 is 9.18 Å². The molecule has 3 aromatic rings. The number of carbonyl (C=O) groups is 1. The maximum absolute atomic E-state index is 13.6. The number of thiazole rings is 1. The largest absolute Gasteiger partial charge is 0.317 e. The number of carbonyl (C=O) groups excluding carboxylic acids is 1. The second-order valence-corrected chi connectivity index (χ2v) is 9.46. The van der Waals surface area contributed by atoms with Crippen LogP contribution in [0.25, 0.3) is 20.8 Å². The monoisotopic (exact) mass is 432 g/mol. The van der Waals surface area contributed by atoms with E-state index >= 15 is 0 Å². The van der Waals surface area contributed by atoms with Crippen molar-refractivity contribution in [3.05, 3.63) is 34.5 Å². The molecule has 0 saturated carbocycles. The predicted octanol–water partition coefficient (Wildman–Crippen LogP) is 4.53. The number of nitrogens with zero attached hydrogens (tertiary/aromatic N) is 1. The fourth-order valence-corrected chi connectivity index (χ4v) is 5.75. The van der Waals surface area contributed by atoms with E-state index in [2.05, 4.69) is 34.8 Å². The Labute approximate surface area is 177 Å². The molecule has 3 heterocycles. The highest BCUT2D eigenvalue weighted by Gasteiger charge is 2.25. The average Bonchev–Trinajstić information content (AvgIpc) is 3.27. The fraction of sp³-hybridized carbons (Fsp3) is 0.429. The van der Waals surface area contributed by atoms with E-state index in [1.54, 1.807) is 28.7 Å². The Morgan fingerprint density at radius 2 is 2.24 bits per heavy atom. The van der Waals surface area contributed by atoms with Crippen LogP contribution in [0, 0.1) is 5.82 Å². The standard InChI is InChI=1S/C21H25FN4OS2/c1-3-12(2)24-9-7-18(27)26-21-19(14-6-8-23-11-17(14)29-21)20-25-15-10-13(22)4-5-16(15)28-20/h4-5,10,12,23-24H,3,6-9,11H2,1-2H3,(H,26,27). The van der Waals surface area contributed by atoms with Crippen LogP contribution < -0.4 is 16.0 Å². The zero-order valence-corrected chi connectivity index (χ0v) is 18.2. The number of thiophene rings is 1. The fourth-order valence-electron chi connectivity index (χ4n) is 3.42. The first-order valence-electron chi connectivity index (χ1n) is 10.00. The van der Waals surface area contributed by atoms with Gasteiger partial charge in [-0.15, -0.1) is 22.7 Å². The number of aromatic nitrogens is 1. The third-order valence-electron chi connectivity index (χ3n) is 5.20. The lowest BCUT2D eigenvalue weighted by molar-refractivity contribution is -0.116. The number of amides is 1. The smallest absolute Gasteiger partial charge is 0.226 e. The van der Waals surface area contributed by atoms with Crippen molar-refractivity contribution in [2.45, 2.75) is 45.7 Å². The first kappa shape index (κ1) is 20.4. The quantitative estimate of drug-likeness (QED) is 0.513. The number of anilines is 1. The molecule has 29 heavy (non-hydrogen) atoms. The van der Waals surface area contributed by atoms with Gasteiger partial charge in [0, 0.05) is 42.1 Å². The number of halogens is 1. The highest BCUT2D eigenvalue weighted by Crippen LogP contribution is 2.44. The molecule has 1 aromatic carbocycles. The van der Waals surface area contributed by atoms with E-state index in [9.17, 15) is 9.18 Å². The highest BCUT2D eigenvalue weighted by atomic mass is 32.1. The Balaban J connectivity index is 1.62. The summed E-state index contributed by atoms with van der Waals surface area (Å²) in [6.45, 7) is 6.61. The van der Waals surface area contributed by atoms with Gasteiger partial charge >= 0.3 is 0 Å². The molecule has 0 bridgehead atoms. The van der Waals surface area contributed by atoms with Gasteiger partial charge in [0.25, 0.3) is 0 Å². The van der Waals surface area contributed by atoms with Crippen LogP contribution in [0.4, 0.5) is 9.39 Å². The zero-order valence-electron chi connectivity index (χ0n) is 16.6. The van der Waals surface area contributed by atoms with Gasteiger partial charge in [-0.2, -0.15) is 0 Å². The molecule has 0 spiro atoms. The summed E-state index contributed by atoms with van der Waals surface area (Å²) in [4.78, 5) is 18.5. The summed E-state index contributed by atoms with van der Waals surface area (Å²) in [6, 6.07) is 5.10. The summed E-state index contributed by atoms with van der Waals surface area (Å²) >= 11 is 3.17. The van der Waals surface area contributed by atoms with E-state index in [0.717, 1.165) is 46.2 Å². The van der Waals surface area contributed by atoms with E-state index in [1.807, 2.05) is 0 Å². The van der Waals surface area contributed by atoms with Crippen molar-refractivity contribution in [1.29, 1.82) is 0 Å². The molecule has 1 aliphatic heterocycles. The summed E-state index contributed by atoms with van der Waals surface area (Å²) in [5.41, 5.74) is 2.92. The first-order valence-corrected chi connectivity index (χ1v) is 11.6. The van der Waals surface area contributed by atoms with Crippen LogP contribution in [0.1, 0.15) is 37.1 Å². The van der Waals surface area contributed by atoms with Gasteiger partial charge in [-0.3, -0.25) is 4.79 Å². The minimum absolute atomic E-state index is 0.000708. The maximum atomic E-state index is 13.6. The van der Waals surface area contributed by atoms with Crippen LogP contribution >= 0.6 is 22.7 Å². The lowest BCUT2D eigenvalue weighted by Gasteiger charge is -2.13. The summed E-state index contributed by atoms with van der Waals surface area (Å²) in [5, 5.41) is 11.6. The number of hydrogen-bond acceptors (Lipinski definition) is 6. The van der Waals surface area contributed by atoms with E-state index in [1.165, 1.54) is 22.6 Å². The van der Waals surface area contributed by atoms with Gasteiger partial charge in [-0.25, -0.2) is 9.37 Å². The first-order chi connectivity index (χ1) is 14.0. The Morgan fingerprint density at radius 1 is 1.38 bits per heavy atom. The molecular formula is C21H25FN4OS2. The molecule has 154 valence electrons. The number of hydrogen-bond donors (Lipinski definition) is 3. The maximum Gasteiger partial charge on any atom is 0.226 e. The number of rotatable bonds is 7. The van der Waals surface area contributed by atoms with Gasteiger partial charge < -0.3 is 16.0 Å². The van der Waals surface area contributed by atoms with Crippen molar-refractivity contribution in [3.63, 3.8) is 0 Å². The van der Waals surface area contributed by atoms with Crippen LogP contribution in [0.5, 0.6) is 0 Å². The third-order valence-corrected chi connectivity index (χ3v) is 7.40. The summed E-state index contributed by atoms with van der Waals surface area (Å²) < 4.78 is 14.6. The van der Waals surface area contributed by atoms with Gasteiger partial charge in [0.2, 0.25) is 5.91 Å². The lowest BCUT2D eigenvalue weighted by Crippen LogP contribution is -2.28. The second-order valence-electron chi connectivity index (χ2n) is 7.33. The van der Waals surface area contributed by atoms with Crippen LogP contribution in [0.2, 0.25) is 0 Å². The van der Waals surface area contributed by atoms with Crippen molar-refractivity contribution in [2.24, 2.45) is 0 Å². The third kappa shape index (κ3) is 4.50. The molecule has 4 rings (SSSR count). The van der Waals surface area contributed by atoms with Crippen molar-refractivity contribution >= 4 is 43.8 Å². The second kappa shape index (κ2) is 8.87. The average molecular weight is 433 g/mol. The minimum Gasteiger partial charge on any atom is -0.317 e. The van der Waals surface area contributed by atoms with Gasteiger partial charge in [0.05, 0.1) is 10.2 Å². The summed E-state index contributed by atoms with van der Waals surface area (Å²) in [5.74, 6) is -0.283. The topological polar surface area (TPSA) is 66.0 Å². The number of nitrogens with one attached hydrogen (secondary N) is 3. The van der Waals surface area contributed by atoms with Gasteiger partial charge in [0.1, 0.15) is 15.8 Å². The van der Waals surface area contributed by atoms with Gasteiger partial charge in [-0.05, 0) is 44.0 Å². The van der Waals surface area contributed by atoms with Crippen LogP contribution in [-0.2, 0) is 17.8 Å². The van der Waals surface area contributed by atoms with Crippen LogP contribution in [0.3, 0.4) is 0 Å². The molecule has 0 fully saturated rings. The molecule has 1 aliphatic rings.